The molecule has 5 rings (SSSR count). The van der Waals surface area contributed by atoms with Gasteiger partial charge in [0.2, 0.25) is 0 Å². The summed E-state index contributed by atoms with van der Waals surface area (Å²) in [5.74, 6) is 0.923. The Hall–Kier alpha value is -1.53. The van der Waals surface area contributed by atoms with E-state index in [2.05, 4.69) is 66.4 Å². The fourth-order valence-electron chi connectivity index (χ4n) is 6.37. The van der Waals surface area contributed by atoms with Crippen LogP contribution in [-0.4, -0.2) is 54.7 Å². The summed E-state index contributed by atoms with van der Waals surface area (Å²) < 4.78 is 6.10. The molecule has 2 unspecified atom stereocenters. The molecule has 1 N–H and O–H groups in total. The number of hydrogen-bond acceptors (Lipinski definition) is 4. The Morgan fingerprint density at radius 2 is 1.69 bits per heavy atom. The predicted octanol–water partition coefficient (Wildman–Crippen LogP) is 7.71. The van der Waals surface area contributed by atoms with E-state index in [1.165, 1.54) is 30.0 Å². The Balaban J connectivity index is 0.00000210. The zero-order valence-electron chi connectivity index (χ0n) is 23.2. The fourth-order valence-corrected chi connectivity index (χ4v) is 6.60. The molecule has 0 radical (unpaired) electrons. The van der Waals surface area contributed by atoms with Crippen LogP contribution in [0.1, 0.15) is 56.1 Å². The topological polar surface area (TPSA) is 35.9 Å². The minimum absolute atomic E-state index is 0. The lowest BCUT2D eigenvalue weighted by atomic mass is 9.70. The second-order valence-electron chi connectivity index (χ2n) is 11.3. The molecule has 3 aromatic carbocycles. The van der Waals surface area contributed by atoms with Crippen LogP contribution in [0.25, 0.3) is 10.8 Å². The first-order valence-electron chi connectivity index (χ1n) is 13.9. The number of benzene rings is 3. The first kappa shape index (κ1) is 32.0. The van der Waals surface area contributed by atoms with Gasteiger partial charge in [0.25, 0.3) is 0 Å². The summed E-state index contributed by atoms with van der Waals surface area (Å²) in [6, 6.07) is 21.3. The second-order valence-corrected chi connectivity index (χ2v) is 11.7. The quantitative estimate of drug-likeness (QED) is 0.290. The molecule has 2 fully saturated rings. The van der Waals surface area contributed by atoms with E-state index in [0.717, 1.165) is 56.4 Å². The van der Waals surface area contributed by atoms with Crippen LogP contribution in [0.3, 0.4) is 0 Å². The molecule has 39 heavy (non-hydrogen) atoms. The predicted molar refractivity (Wildman–Crippen MR) is 168 cm³/mol. The number of halogens is 3. The van der Waals surface area contributed by atoms with E-state index in [4.69, 9.17) is 16.3 Å². The highest BCUT2D eigenvalue weighted by Crippen LogP contribution is 2.45. The van der Waals surface area contributed by atoms with Crippen molar-refractivity contribution in [3.05, 3.63) is 76.8 Å². The summed E-state index contributed by atoms with van der Waals surface area (Å²) in [6.07, 6.45) is 7.61. The van der Waals surface area contributed by atoms with Crippen molar-refractivity contribution >= 4 is 47.2 Å². The van der Waals surface area contributed by atoms with Crippen molar-refractivity contribution in [2.75, 3.05) is 33.7 Å². The molecule has 1 heterocycles. The van der Waals surface area contributed by atoms with Crippen molar-refractivity contribution in [3.63, 3.8) is 0 Å². The highest BCUT2D eigenvalue weighted by atomic mass is 35.5. The molecule has 0 spiro atoms. The lowest BCUT2D eigenvalue weighted by Crippen LogP contribution is -2.44. The van der Waals surface area contributed by atoms with Crippen LogP contribution in [-0.2, 0) is 12.2 Å². The maximum absolute atomic E-state index is 11.9. The molecular formula is C32H43Cl3N2O2. The number of piperidine rings is 1. The van der Waals surface area contributed by atoms with Gasteiger partial charge in [-0.1, -0.05) is 66.9 Å². The molecule has 1 aliphatic carbocycles. The summed E-state index contributed by atoms with van der Waals surface area (Å²) in [6.45, 7) is 3.83. The minimum Gasteiger partial charge on any atom is -0.487 e. The first-order chi connectivity index (χ1) is 17.9. The zero-order chi connectivity index (χ0) is 25.8. The van der Waals surface area contributed by atoms with Gasteiger partial charge in [-0.15, -0.1) is 24.8 Å². The van der Waals surface area contributed by atoms with Gasteiger partial charge in [-0.25, -0.2) is 0 Å². The van der Waals surface area contributed by atoms with Crippen molar-refractivity contribution in [2.45, 2.75) is 63.2 Å². The van der Waals surface area contributed by atoms with Crippen LogP contribution >= 0.6 is 36.4 Å². The molecule has 214 valence electrons. The maximum Gasteiger partial charge on any atom is 0.138 e. The summed E-state index contributed by atoms with van der Waals surface area (Å²) in [4.78, 5) is 4.95. The average Bonchev–Trinajstić information content (AvgIpc) is 2.92. The third kappa shape index (κ3) is 7.61. The van der Waals surface area contributed by atoms with Crippen molar-refractivity contribution in [1.82, 2.24) is 9.80 Å². The Bertz CT molecular complexity index is 1200. The van der Waals surface area contributed by atoms with E-state index in [-0.39, 0.29) is 30.7 Å². The van der Waals surface area contributed by atoms with Gasteiger partial charge in [0.15, 0.2) is 0 Å². The number of nitrogens with zero attached hydrogens (tertiary/aromatic N) is 2. The minimum atomic E-state index is -0.819. The Labute approximate surface area is 251 Å². The highest BCUT2D eigenvalue weighted by Gasteiger charge is 2.40. The molecule has 3 aromatic rings. The lowest BCUT2D eigenvalue weighted by Gasteiger charge is -2.42. The van der Waals surface area contributed by atoms with Crippen LogP contribution < -0.4 is 4.74 Å². The van der Waals surface area contributed by atoms with Gasteiger partial charge >= 0.3 is 0 Å². The summed E-state index contributed by atoms with van der Waals surface area (Å²) in [7, 11) is 4.38. The van der Waals surface area contributed by atoms with Gasteiger partial charge < -0.3 is 19.6 Å². The Morgan fingerprint density at radius 1 is 0.949 bits per heavy atom. The first-order valence-corrected chi connectivity index (χ1v) is 14.3. The van der Waals surface area contributed by atoms with Crippen LogP contribution in [0.5, 0.6) is 5.75 Å². The van der Waals surface area contributed by atoms with E-state index in [1.807, 2.05) is 18.2 Å². The van der Waals surface area contributed by atoms with Crippen molar-refractivity contribution in [2.24, 2.45) is 5.92 Å². The number of rotatable bonds is 8. The van der Waals surface area contributed by atoms with E-state index < -0.39 is 5.60 Å². The Morgan fingerprint density at radius 3 is 2.41 bits per heavy atom. The monoisotopic (exact) mass is 592 g/mol. The van der Waals surface area contributed by atoms with Gasteiger partial charge in [0.05, 0.1) is 10.6 Å². The number of hydrogen-bond donors (Lipinski definition) is 1. The van der Waals surface area contributed by atoms with Crippen molar-refractivity contribution in [1.29, 1.82) is 0 Å². The molecule has 2 atom stereocenters. The molecule has 2 aliphatic rings. The molecule has 4 nitrogen and oxygen atoms in total. The zero-order valence-corrected chi connectivity index (χ0v) is 25.5. The van der Waals surface area contributed by atoms with Crippen molar-refractivity contribution < 1.29 is 9.84 Å². The highest BCUT2D eigenvalue weighted by molar-refractivity contribution is 6.32. The number of likely N-dealkylation sites (tertiary alicyclic amines) is 1. The molecule has 0 amide bonds. The van der Waals surface area contributed by atoms with E-state index in [1.54, 1.807) is 0 Å². The van der Waals surface area contributed by atoms with E-state index in [0.29, 0.717) is 23.4 Å². The average molecular weight is 594 g/mol. The van der Waals surface area contributed by atoms with Crippen LogP contribution in [0, 0.1) is 5.92 Å². The number of aliphatic hydroxyl groups is 1. The summed E-state index contributed by atoms with van der Waals surface area (Å²) in [5, 5.41) is 14.9. The summed E-state index contributed by atoms with van der Waals surface area (Å²) >= 11 is 6.71. The molecule has 1 saturated carbocycles. The molecule has 0 aromatic heterocycles. The number of fused-ring (bicyclic) bond motifs is 1. The largest absolute Gasteiger partial charge is 0.487 e. The molecule has 0 bridgehead atoms. The van der Waals surface area contributed by atoms with Crippen LogP contribution in [0.15, 0.2) is 60.7 Å². The molecule has 7 heteroatoms. The normalized spacial score (nSPS) is 22.3. The lowest BCUT2D eigenvalue weighted by molar-refractivity contribution is -0.0608. The third-order valence-corrected chi connectivity index (χ3v) is 9.05. The van der Waals surface area contributed by atoms with E-state index in [9.17, 15) is 5.11 Å². The van der Waals surface area contributed by atoms with Crippen molar-refractivity contribution in [3.8, 4) is 5.75 Å². The number of ether oxygens (including phenoxy) is 1. The van der Waals surface area contributed by atoms with Gasteiger partial charge in [0, 0.05) is 6.04 Å². The van der Waals surface area contributed by atoms with Crippen LogP contribution in [0.2, 0.25) is 5.02 Å². The fraction of sp³-hybridized carbons (Fsp3) is 0.500. The SMILES string of the molecule is CN(C)C1CCN(CCC2CCCCC2(O)c2ccc(OCc3ccc4ccccc4c3)c(Cl)c2)CC1.Cl.Cl. The standard InChI is InChI=1S/C32H41ClN2O2.2ClH/c1-34(2)29-15-19-35(20-16-29)18-14-27-9-5-6-17-32(27,36)28-12-13-31(30(33)22-28)37-23-24-10-11-25-7-3-4-8-26(25)21-24;;/h3-4,7-8,10-13,21-22,27,29,36H,5-6,9,14-20,23H2,1-2H3;2*1H. The molecule has 1 aliphatic heterocycles. The smallest absolute Gasteiger partial charge is 0.138 e. The second kappa shape index (κ2) is 14.4. The van der Waals surface area contributed by atoms with E-state index >= 15 is 0 Å². The van der Waals surface area contributed by atoms with Crippen LogP contribution in [0.4, 0.5) is 0 Å². The summed E-state index contributed by atoms with van der Waals surface area (Å²) in [5.41, 5.74) is 1.23. The third-order valence-electron chi connectivity index (χ3n) is 8.76. The van der Waals surface area contributed by atoms with Gasteiger partial charge in [-0.2, -0.15) is 0 Å². The van der Waals surface area contributed by atoms with Gasteiger partial charge in [-0.3, -0.25) is 0 Å². The Kier molecular flexibility index (Phi) is 11.8. The van der Waals surface area contributed by atoms with Gasteiger partial charge in [-0.05, 0) is 112 Å². The van der Waals surface area contributed by atoms with Gasteiger partial charge in [0.1, 0.15) is 12.4 Å². The molecule has 1 saturated heterocycles. The maximum atomic E-state index is 11.9. The molecular weight excluding hydrogens is 551 g/mol.